The summed E-state index contributed by atoms with van der Waals surface area (Å²) in [6.07, 6.45) is 2.88. The number of aryl methyl sites for hydroxylation is 1. The van der Waals surface area contributed by atoms with Crippen LogP contribution >= 0.6 is 11.3 Å². The summed E-state index contributed by atoms with van der Waals surface area (Å²) in [6, 6.07) is 1.86. The van der Waals surface area contributed by atoms with Gasteiger partial charge in [-0.3, -0.25) is 14.2 Å². The molecule has 11 heteroatoms. The average Bonchev–Trinajstić information content (AvgIpc) is 3.17. The number of carbonyl (C=O) groups excluding carboxylic acids is 1. The molecule has 31 heavy (non-hydrogen) atoms. The van der Waals surface area contributed by atoms with Crippen LogP contribution in [-0.4, -0.2) is 63.9 Å². The fourth-order valence-electron chi connectivity index (χ4n) is 3.74. The minimum Gasteiger partial charge on any atom is -0.477 e. The topological polar surface area (TPSA) is 127 Å². The second-order valence-electron chi connectivity index (χ2n) is 7.70. The molecule has 1 amide bonds. The number of nitrogens with one attached hydrogen (secondary N) is 1. The first-order valence-corrected chi connectivity index (χ1v) is 10.6. The third-order valence-corrected chi connectivity index (χ3v) is 6.33. The Kier molecular flexibility index (Phi) is 4.71. The second-order valence-corrected chi connectivity index (χ2v) is 8.58. The molecule has 160 valence electrons. The number of carboxylic acid groups (broad SMARTS) is 1. The third kappa shape index (κ3) is 3.35. The van der Waals surface area contributed by atoms with Crippen LogP contribution in [0.15, 0.2) is 28.6 Å². The maximum Gasteiger partial charge on any atom is 0.341 e. The first-order chi connectivity index (χ1) is 14.9. The second kappa shape index (κ2) is 7.43. The van der Waals surface area contributed by atoms with Gasteiger partial charge in [0.1, 0.15) is 11.4 Å². The number of fused-ring (bicyclic) bond motifs is 1. The molecule has 2 aliphatic rings. The molecule has 2 fully saturated rings. The van der Waals surface area contributed by atoms with Crippen molar-refractivity contribution in [3.05, 3.63) is 45.2 Å². The highest BCUT2D eigenvalue weighted by atomic mass is 32.1. The van der Waals surface area contributed by atoms with Crippen molar-refractivity contribution in [1.29, 1.82) is 0 Å². The molecule has 5 rings (SSSR count). The van der Waals surface area contributed by atoms with Gasteiger partial charge in [0.25, 0.3) is 0 Å². The summed E-state index contributed by atoms with van der Waals surface area (Å²) in [5, 5.41) is 15.0. The van der Waals surface area contributed by atoms with Crippen molar-refractivity contribution in [3.8, 4) is 5.13 Å². The summed E-state index contributed by atoms with van der Waals surface area (Å²) < 4.78 is 6.63. The van der Waals surface area contributed by atoms with Gasteiger partial charge in [-0.15, -0.1) is 11.3 Å². The Labute approximate surface area is 180 Å². The van der Waals surface area contributed by atoms with Gasteiger partial charge in [0.2, 0.25) is 11.3 Å². The molecule has 2 saturated heterocycles. The van der Waals surface area contributed by atoms with E-state index in [-0.39, 0.29) is 28.8 Å². The van der Waals surface area contributed by atoms with Gasteiger partial charge in [-0.05, 0) is 18.6 Å². The Balaban J connectivity index is 1.51. The number of aromatic carboxylic acids is 1. The zero-order valence-electron chi connectivity index (χ0n) is 16.6. The predicted molar refractivity (Wildman–Crippen MR) is 113 cm³/mol. The molecule has 0 spiro atoms. The molecule has 3 aromatic heterocycles. The summed E-state index contributed by atoms with van der Waals surface area (Å²) in [7, 11) is 0. The maximum absolute atomic E-state index is 12.8. The summed E-state index contributed by atoms with van der Waals surface area (Å²) >= 11 is 1.31. The first-order valence-electron chi connectivity index (χ1n) is 9.75. The highest BCUT2D eigenvalue weighted by Crippen LogP contribution is 2.28. The number of ether oxygens (including phenoxy) is 1. The monoisotopic (exact) mass is 441 g/mol. The van der Waals surface area contributed by atoms with E-state index >= 15 is 0 Å². The Morgan fingerprint density at radius 3 is 2.71 bits per heavy atom. The standard InChI is InChI=1S/C20H19N5O5S/c1-10-4-14(24-5-11(6-24)18(27)22-12-8-30-9-12)23-17-15(10)16(26)13(19(28)29)7-25(17)20-21-2-3-31-20/h2-4,7,11-12H,5-6,8-9H2,1H3,(H,22,27)(H,28,29). The van der Waals surface area contributed by atoms with Gasteiger partial charge in [-0.25, -0.2) is 14.8 Å². The Bertz CT molecular complexity index is 1250. The predicted octanol–water partition coefficient (Wildman–Crippen LogP) is 0.800. The smallest absolute Gasteiger partial charge is 0.341 e. The van der Waals surface area contributed by atoms with Gasteiger partial charge in [-0.1, -0.05) is 0 Å². The van der Waals surface area contributed by atoms with Crippen LogP contribution in [0.1, 0.15) is 15.9 Å². The van der Waals surface area contributed by atoms with E-state index < -0.39 is 11.4 Å². The van der Waals surface area contributed by atoms with Crippen molar-refractivity contribution in [2.45, 2.75) is 13.0 Å². The van der Waals surface area contributed by atoms with E-state index in [2.05, 4.69) is 15.3 Å². The van der Waals surface area contributed by atoms with Crippen LogP contribution in [0.3, 0.4) is 0 Å². The SMILES string of the molecule is Cc1cc(N2CC(C(=O)NC3COC3)C2)nc2c1c(=O)c(C(=O)O)cn2-c1nccs1. The van der Waals surface area contributed by atoms with Crippen molar-refractivity contribution in [1.82, 2.24) is 19.9 Å². The van der Waals surface area contributed by atoms with E-state index in [1.807, 2.05) is 4.90 Å². The van der Waals surface area contributed by atoms with Crippen LogP contribution in [-0.2, 0) is 9.53 Å². The highest BCUT2D eigenvalue weighted by Gasteiger charge is 2.36. The average molecular weight is 441 g/mol. The molecule has 10 nitrogen and oxygen atoms in total. The van der Waals surface area contributed by atoms with Gasteiger partial charge in [0.05, 0.1) is 30.6 Å². The Hall–Kier alpha value is -3.31. The molecule has 0 bridgehead atoms. The molecule has 0 radical (unpaired) electrons. The van der Waals surface area contributed by atoms with E-state index in [9.17, 15) is 19.5 Å². The summed E-state index contributed by atoms with van der Waals surface area (Å²) in [5.41, 5.74) is 0.0637. The van der Waals surface area contributed by atoms with Gasteiger partial charge in [0.15, 0.2) is 10.8 Å². The molecule has 2 aliphatic heterocycles. The number of pyridine rings is 2. The number of hydrogen-bond acceptors (Lipinski definition) is 8. The Morgan fingerprint density at radius 2 is 2.10 bits per heavy atom. The number of amides is 1. The first kappa shape index (κ1) is 19.6. The van der Waals surface area contributed by atoms with Crippen molar-refractivity contribution < 1.29 is 19.4 Å². The van der Waals surface area contributed by atoms with Crippen molar-refractivity contribution in [3.63, 3.8) is 0 Å². The number of carbonyl (C=O) groups is 2. The van der Waals surface area contributed by atoms with Gasteiger partial charge < -0.3 is 20.1 Å². The molecule has 0 aliphatic carbocycles. The minimum atomic E-state index is -1.30. The number of nitrogens with zero attached hydrogens (tertiary/aromatic N) is 4. The van der Waals surface area contributed by atoms with Crippen LogP contribution in [0.2, 0.25) is 0 Å². The van der Waals surface area contributed by atoms with Gasteiger partial charge >= 0.3 is 5.97 Å². The molecular formula is C20H19N5O5S. The maximum atomic E-state index is 12.8. The van der Waals surface area contributed by atoms with Crippen molar-refractivity contribution >= 4 is 40.1 Å². The summed E-state index contributed by atoms with van der Waals surface area (Å²) in [4.78, 5) is 47.7. The summed E-state index contributed by atoms with van der Waals surface area (Å²) in [6.45, 7) is 3.91. The third-order valence-electron chi connectivity index (χ3n) is 5.56. The molecular weight excluding hydrogens is 422 g/mol. The number of carboxylic acids is 1. The van der Waals surface area contributed by atoms with Crippen LogP contribution in [0, 0.1) is 12.8 Å². The van der Waals surface area contributed by atoms with Crippen LogP contribution in [0.4, 0.5) is 5.82 Å². The number of rotatable bonds is 5. The lowest BCUT2D eigenvalue weighted by molar-refractivity contribution is -0.129. The number of anilines is 1. The summed E-state index contributed by atoms with van der Waals surface area (Å²) in [5.74, 6) is -0.787. The zero-order valence-corrected chi connectivity index (χ0v) is 17.4. The van der Waals surface area contributed by atoms with E-state index in [4.69, 9.17) is 4.74 Å². The largest absolute Gasteiger partial charge is 0.477 e. The Morgan fingerprint density at radius 1 is 1.32 bits per heavy atom. The van der Waals surface area contributed by atoms with Crippen LogP contribution < -0.4 is 15.6 Å². The van der Waals surface area contributed by atoms with E-state index in [0.717, 1.165) is 0 Å². The lowest BCUT2D eigenvalue weighted by atomic mass is 9.98. The number of aromatic nitrogens is 3. The van der Waals surface area contributed by atoms with E-state index in [1.165, 1.54) is 17.5 Å². The minimum absolute atomic E-state index is 0.00727. The normalized spacial score (nSPS) is 16.7. The number of hydrogen-bond donors (Lipinski definition) is 2. The quantitative estimate of drug-likeness (QED) is 0.595. The lowest BCUT2D eigenvalue weighted by Crippen LogP contribution is -2.58. The van der Waals surface area contributed by atoms with Crippen molar-refractivity contribution in [2.24, 2.45) is 5.92 Å². The van der Waals surface area contributed by atoms with E-state index in [1.54, 1.807) is 29.1 Å². The highest BCUT2D eigenvalue weighted by molar-refractivity contribution is 7.12. The molecule has 3 aromatic rings. The van der Waals surface area contributed by atoms with Gasteiger partial charge in [-0.2, -0.15) is 0 Å². The fraction of sp³-hybridized carbons (Fsp3) is 0.350. The number of thiazole rings is 1. The van der Waals surface area contributed by atoms with Gasteiger partial charge in [0, 0.05) is 30.9 Å². The van der Waals surface area contributed by atoms with Crippen molar-refractivity contribution in [2.75, 3.05) is 31.2 Å². The molecule has 0 saturated carbocycles. The van der Waals surface area contributed by atoms with Crippen LogP contribution in [0.25, 0.3) is 16.2 Å². The van der Waals surface area contributed by atoms with E-state index in [0.29, 0.717) is 48.5 Å². The zero-order chi connectivity index (χ0) is 21.7. The molecule has 5 heterocycles. The molecule has 0 atom stereocenters. The fourth-order valence-corrected chi connectivity index (χ4v) is 4.36. The van der Waals surface area contributed by atoms with Crippen LogP contribution in [0.5, 0.6) is 0 Å². The lowest BCUT2D eigenvalue weighted by Gasteiger charge is -2.40. The molecule has 0 unspecified atom stereocenters. The molecule has 2 N–H and O–H groups in total. The molecule has 0 aromatic carbocycles.